The monoisotopic (exact) mass is 255 g/mol. The van der Waals surface area contributed by atoms with Gasteiger partial charge in [-0.05, 0) is 26.8 Å². The summed E-state index contributed by atoms with van der Waals surface area (Å²) in [5, 5.41) is 0. The van der Waals surface area contributed by atoms with Crippen molar-refractivity contribution in [3.63, 3.8) is 0 Å². The van der Waals surface area contributed by atoms with Gasteiger partial charge in [0.25, 0.3) is 0 Å². The van der Waals surface area contributed by atoms with Gasteiger partial charge in [0.05, 0.1) is 12.2 Å². The average Bonchev–Trinajstić information content (AvgIpc) is 2.28. The van der Waals surface area contributed by atoms with Crippen LogP contribution in [0.25, 0.3) is 0 Å². The zero-order valence-electron chi connectivity index (χ0n) is 11.5. The molecule has 2 N–H and O–H groups in total. The fourth-order valence-electron chi connectivity index (χ4n) is 1.52. The second-order valence-corrected chi connectivity index (χ2v) is 5.03. The van der Waals surface area contributed by atoms with Gasteiger partial charge in [-0.2, -0.15) is 0 Å². The Hall–Kier alpha value is -1.13. The molecule has 0 aromatic heterocycles. The molecule has 0 heterocycles. The molecule has 4 heteroatoms. The molecule has 0 bridgehead atoms. The fraction of sp³-hybridized carbons (Fsp3) is 0.571. The van der Waals surface area contributed by atoms with Crippen molar-refractivity contribution in [1.82, 2.24) is 0 Å². The lowest BCUT2D eigenvalue weighted by atomic mass is 10.1. The Bertz CT molecular complexity index is 391. The summed E-state index contributed by atoms with van der Waals surface area (Å²) in [6, 6.07) is 4.25. The fourth-order valence-corrected chi connectivity index (χ4v) is 1.52. The van der Waals surface area contributed by atoms with E-state index in [1.165, 1.54) is 12.1 Å². The molecule has 0 aliphatic carbocycles. The molecule has 1 rings (SSSR count). The van der Waals surface area contributed by atoms with E-state index in [1.54, 1.807) is 13.2 Å². The lowest BCUT2D eigenvalue weighted by molar-refractivity contribution is 0.00534. The van der Waals surface area contributed by atoms with Gasteiger partial charge in [-0.15, -0.1) is 0 Å². The van der Waals surface area contributed by atoms with E-state index < -0.39 is 0 Å². The molecule has 102 valence electrons. The Morgan fingerprint density at radius 1 is 1.39 bits per heavy atom. The Labute approximate surface area is 108 Å². The first kappa shape index (κ1) is 14.9. The zero-order valence-corrected chi connectivity index (χ0v) is 11.5. The van der Waals surface area contributed by atoms with Crippen molar-refractivity contribution in [3.8, 4) is 5.75 Å². The molecule has 1 aromatic carbocycles. The predicted molar refractivity (Wildman–Crippen MR) is 70.2 cm³/mol. The van der Waals surface area contributed by atoms with Crippen molar-refractivity contribution in [2.45, 2.75) is 38.8 Å². The molecule has 18 heavy (non-hydrogen) atoms. The molecule has 0 radical (unpaired) electrons. The number of nitrogens with two attached hydrogens (primary N) is 1. The van der Waals surface area contributed by atoms with Gasteiger partial charge in [0, 0.05) is 31.2 Å². The van der Waals surface area contributed by atoms with Gasteiger partial charge in [0.2, 0.25) is 0 Å². The number of hydrogen-bond acceptors (Lipinski definition) is 3. The van der Waals surface area contributed by atoms with Gasteiger partial charge < -0.3 is 15.2 Å². The van der Waals surface area contributed by atoms with E-state index in [1.807, 2.05) is 20.8 Å². The number of ether oxygens (including phenoxy) is 2. The second-order valence-electron chi connectivity index (χ2n) is 5.03. The van der Waals surface area contributed by atoms with E-state index in [-0.39, 0.29) is 17.5 Å². The summed E-state index contributed by atoms with van der Waals surface area (Å²) in [5.41, 5.74) is 6.38. The summed E-state index contributed by atoms with van der Waals surface area (Å²) < 4.78 is 24.1. The number of rotatable bonds is 6. The van der Waals surface area contributed by atoms with Gasteiger partial charge in [0.15, 0.2) is 0 Å². The van der Waals surface area contributed by atoms with Crippen LogP contribution in [-0.2, 0) is 4.74 Å². The number of benzene rings is 1. The van der Waals surface area contributed by atoms with Gasteiger partial charge in [-0.3, -0.25) is 0 Å². The minimum Gasteiger partial charge on any atom is -0.493 e. The molecule has 0 fully saturated rings. The second kappa shape index (κ2) is 6.16. The molecule has 0 saturated carbocycles. The summed E-state index contributed by atoms with van der Waals surface area (Å²) in [7, 11) is 1.66. The average molecular weight is 255 g/mol. The number of hydrogen-bond donors (Lipinski definition) is 1. The first-order valence-electron chi connectivity index (χ1n) is 6.09. The minimum atomic E-state index is -0.319. The molecule has 0 saturated heterocycles. The molecular formula is C14H22FNO2. The maximum absolute atomic E-state index is 13.2. The van der Waals surface area contributed by atoms with Crippen LogP contribution in [0.15, 0.2) is 18.2 Å². The molecule has 0 aliphatic rings. The maximum Gasteiger partial charge on any atom is 0.126 e. The van der Waals surface area contributed by atoms with Crippen LogP contribution < -0.4 is 10.5 Å². The highest BCUT2D eigenvalue weighted by Crippen LogP contribution is 2.25. The Morgan fingerprint density at radius 2 is 2.06 bits per heavy atom. The van der Waals surface area contributed by atoms with Crippen LogP contribution in [0, 0.1) is 5.82 Å². The first-order valence-corrected chi connectivity index (χ1v) is 6.09. The molecule has 0 aliphatic heterocycles. The third-order valence-electron chi connectivity index (χ3n) is 2.98. The summed E-state index contributed by atoms with van der Waals surface area (Å²) >= 11 is 0. The number of methoxy groups -OCH3 is 1. The lowest BCUT2D eigenvalue weighted by Gasteiger charge is -2.23. The van der Waals surface area contributed by atoms with Gasteiger partial charge in [-0.1, -0.05) is 6.07 Å². The third-order valence-corrected chi connectivity index (χ3v) is 2.98. The Morgan fingerprint density at radius 3 is 2.61 bits per heavy atom. The van der Waals surface area contributed by atoms with E-state index in [0.29, 0.717) is 12.4 Å². The summed E-state index contributed by atoms with van der Waals surface area (Å²) in [4.78, 5) is 0. The zero-order chi connectivity index (χ0) is 13.8. The van der Waals surface area contributed by atoms with Gasteiger partial charge in [-0.25, -0.2) is 4.39 Å². The van der Waals surface area contributed by atoms with Crippen LogP contribution >= 0.6 is 0 Å². The smallest absolute Gasteiger partial charge is 0.126 e. The molecule has 3 nitrogen and oxygen atoms in total. The van der Waals surface area contributed by atoms with E-state index in [9.17, 15) is 4.39 Å². The van der Waals surface area contributed by atoms with Crippen LogP contribution in [0.1, 0.15) is 38.8 Å². The quantitative estimate of drug-likeness (QED) is 0.849. The molecule has 1 aromatic rings. The van der Waals surface area contributed by atoms with Crippen molar-refractivity contribution in [3.05, 3.63) is 29.6 Å². The van der Waals surface area contributed by atoms with Crippen molar-refractivity contribution < 1.29 is 13.9 Å². The van der Waals surface area contributed by atoms with Crippen LogP contribution in [0.4, 0.5) is 4.39 Å². The highest BCUT2D eigenvalue weighted by molar-refractivity contribution is 5.36. The Kier molecular flexibility index (Phi) is 5.11. The highest BCUT2D eigenvalue weighted by Gasteiger charge is 2.17. The summed E-state index contributed by atoms with van der Waals surface area (Å²) in [6.45, 7) is 6.27. The van der Waals surface area contributed by atoms with Crippen molar-refractivity contribution >= 4 is 0 Å². The van der Waals surface area contributed by atoms with Crippen molar-refractivity contribution in [2.24, 2.45) is 5.73 Å². The Balaban J connectivity index is 2.69. The maximum atomic E-state index is 13.2. The lowest BCUT2D eigenvalue weighted by Crippen LogP contribution is -2.25. The van der Waals surface area contributed by atoms with Crippen LogP contribution in [-0.4, -0.2) is 19.3 Å². The van der Waals surface area contributed by atoms with E-state index >= 15 is 0 Å². The van der Waals surface area contributed by atoms with Crippen molar-refractivity contribution in [2.75, 3.05) is 13.7 Å². The number of halogens is 1. The van der Waals surface area contributed by atoms with Crippen LogP contribution in [0.3, 0.4) is 0 Å². The topological polar surface area (TPSA) is 44.5 Å². The molecule has 0 amide bonds. The van der Waals surface area contributed by atoms with E-state index in [2.05, 4.69) is 0 Å². The molecule has 0 spiro atoms. The van der Waals surface area contributed by atoms with E-state index in [4.69, 9.17) is 15.2 Å². The third kappa shape index (κ3) is 4.27. The SMILES string of the molecule is COC(C)(C)CCOc1cc(F)ccc1C(C)N. The standard InChI is InChI=1S/C14H22FNO2/c1-10(16)12-6-5-11(15)9-13(12)18-8-7-14(2,3)17-4/h5-6,9-10H,7-8,16H2,1-4H3. The molecule has 1 unspecified atom stereocenters. The first-order chi connectivity index (χ1) is 8.35. The molecular weight excluding hydrogens is 233 g/mol. The van der Waals surface area contributed by atoms with Gasteiger partial charge >= 0.3 is 0 Å². The highest BCUT2D eigenvalue weighted by atomic mass is 19.1. The predicted octanol–water partition coefficient (Wildman–Crippen LogP) is 3.04. The van der Waals surface area contributed by atoms with Crippen molar-refractivity contribution in [1.29, 1.82) is 0 Å². The van der Waals surface area contributed by atoms with Crippen LogP contribution in [0.2, 0.25) is 0 Å². The summed E-state index contributed by atoms with van der Waals surface area (Å²) in [5.74, 6) is 0.192. The normalized spacial score (nSPS) is 13.4. The summed E-state index contributed by atoms with van der Waals surface area (Å²) in [6.07, 6.45) is 0.721. The van der Waals surface area contributed by atoms with Crippen LogP contribution in [0.5, 0.6) is 5.75 Å². The molecule has 1 atom stereocenters. The van der Waals surface area contributed by atoms with E-state index in [0.717, 1.165) is 12.0 Å². The van der Waals surface area contributed by atoms with Gasteiger partial charge in [0.1, 0.15) is 11.6 Å². The minimum absolute atomic E-state index is 0.184. The largest absolute Gasteiger partial charge is 0.493 e.